The Kier molecular flexibility index (Phi) is 5.51. The van der Waals surface area contributed by atoms with E-state index in [-0.39, 0.29) is 12.5 Å². The Labute approximate surface area is 124 Å². The van der Waals surface area contributed by atoms with Crippen molar-refractivity contribution in [3.8, 4) is 0 Å². The van der Waals surface area contributed by atoms with Crippen molar-refractivity contribution in [1.29, 1.82) is 0 Å². The van der Waals surface area contributed by atoms with Gasteiger partial charge in [-0.05, 0) is 30.0 Å². The molecule has 0 unspecified atom stereocenters. The summed E-state index contributed by atoms with van der Waals surface area (Å²) in [5.74, 6) is -0.152. The van der Waals surface area contributed by atoms with Gasteiger partial charge in [0, 0.05) is 12.2 Å². The Hall–Kier alpha value is -2.14. The van der Waals surface area contributed by atoms with Crippen molar-refractivity contribution in [2.75, 3.05) is 6.54 Å². The fraction of sp³-hybridized carbons (Fsp3) is 0.375. The summed E-state index contributed by atoms with van der Waals surface area (Å²) in [5, 5.41) is 18.7. The third kappa shape index (κ3) is 4.43. The number of aryl methyl sites for hydroxylation is 1. The molecule has 0 fully saturated rings. The minimum atomic E-state index is -0.152. The number of amides is 1. The Bertz CT molecular complexity index is 575. The maximum absolute atomic E-state index is 11.9. The number of aliphatic hydroxyl groups excluding tert-OH is 1. The van der Waals surface area contributed by atoms with Crippen molar-refractivity contribution in [2.24, 2.45) is 0 Å². The zero-order valence-electron chi connectivity index (χ0n) is 12.2. The molecule has 1 heterocycles. The summed E-state index contributed by atoms with van der Waals surface area (Å²) in [6, 6.07) is 9.51. The molecule has 0 atom stereocenters. The van der Waals surface area contributed by atoms with Gasteiger partial charge in [0.1, 0.15) is 5.69 Å². The van der Waals surface area contributed by atoms with Crippen LogP contribution in [0.2, 0.25) is 0 Å². The maximum atomic E-state index is 11.9. The van der Waals surface area contributed by atoms with Gasteiger partial charge in [-0.25, -0.2) is 0 Å². The van der Waals surface area contributed by atoms with E-state index in [9.17, 15) is 4.79 Å². The Morgan fingerprint density at radius 1 is 1.24 bits per heavy atom. The number of nitrogens with one attached hydrogen (secondary N) is 2. The zero-order chi connectivity index (χ0) is 15.1. The molecular weight excluding hydrogens is 266 g/mol. The third-order valence-electron chi connectivity index (χ3n) is 3.29. The molecule has 2 rings (SSSR count). The summed E-state index contributed by atoms with van der Waals surface area (Å²) in [6.07, 6.45) is 2.67. The van der Waals surface area contributed by atoms with E-state index in [1.165, 1.54) is 0 Å². The maximum Gasteiger partial charge on any atom is 0.271 e. The first kappa shape index (κ1) is 15.3. The van der Waals surface area contributed by atoms with E-state index in [0.717, 1.165) is 36.1 Å². The van der Waals surface area contributed by atoms with Crippen LogP contribution in [0, 0.1) is 0 Å². The number of carbonyl (C=O) groups is 1. The number of aromatic amines is 1. The Morgan fingerprint density at radius 2 is 1.95 bits per heavy atom. The molecule has 0 aliphatic rings. The largest absolute Gasteiger partial charge is 0.392 e. The molecule has 112 valence electrons. The standard InChI is InChI=1S/C16H21N3O2/c1-2-3-14-10-15(19-18-14)16(21)17-9-8-12-4-6-13(11-20)7-5-12/h4-7,10,20H,2-3,8-9,11H2,1H3,(H,17,21)(H,18,19). The predicted molar refractivity (Wildman–Crippen MR) is 81.0 cm³/mol. The zero-order valence-corrected chi connectivity index (χ0v) is 12.2. The van der Waals surface area contributed by atoms with Crippen molar-refractivity contribution in [2.45, 2.75) is 32.8 Å². The fourth-order valence-corrected chi connectivity index (χ4v) is 2.10. The number of aromatic nitrogens is 2. The Morgan fingerprint density at radius 3 is 2.62 bits per heavy atom. The van der Waals surface area contributed by atoms with Crippen molar-refractivity contribution < 1.29 is 9.90 Å². The van der Waals surface area contributed by atoms with Crippen LogP contribution in [0.1, 0.15) is 40.7 Å². The van der Waals surface area contributed by atoms with Gasteiger partial charge in [0.2, 0.25) is 0 Å². The van der Waals surface area contributed by atoms with Crippen molar-refractivity contribution in [3.63, 3.8) is 0 Å². The summed E-state index contributed by atoms with van der Waals surface area (Å²) in [7, 11) is 0. The van der Waals surface area contributed by atoms with Crippen LogP contribution in [0.5, 0.6) is 0 Å². The van der Waals surface area contributed by atoms with E-state index >= 15 is 0 Å². The van der Waals surface area contributed by atoms with Gasteiger partial charge in [-0.1, -0.05) is 37.6 Å². The molecule has 1 amide bonds. The number of rotatable bonds is 7. The van der Waals surface area contributed by atoms with Crippen LogP contribution < -0.4 is 5.32 Å². The molecule has 3 N–H and O–H groups in total. The van der Waals surface area contributed by atoms with E-state index in [1.54, 1.807) is 6.07 Å². The highest BCUT2D eigenvalue weighted by Crippen LogP contribution is 2.05. The van der Waals surface area contributed by atoms with Crippen LogP contribution in [0.15, 0.2) is 30.3 Å². The second kappa shape index (κ2) is 7.59. The van der Waals surface area contributed by atoms with Crippen LogP contribution in [0.4, 0.5) is 0 Å². The quantitative estimate of drug-likeness (QED) is 0.727. The first-order valence-corrected chi connectivity index (χ1v) is 7.24. The van der Waals surface area contributed by atoms with Gasteiger partial charge in [0.15, 0.2) is 0 Å². The molecule has 5 heteroatoms. The van der Waals surface area contributed by atoms with Gasteiger partial charge in [-0.2, -0.15) is 5.10 Å². The van der Waals surface area contributed by atoms with Gasteiger partial charge < -0.3 is 10.4 Å². The molecule has 2 aromatic rings. The highest BCUT2D eigenvalue weighted by Gasteiger charge is 2.09. The lowest BCUT2D eigenvalue weighted by Crippen LogP contribution is -2.26. The molecule has 0 radical (unpaired) electrons. The van der Waals surface area contributed by atoms with E-state index in [1.807, 2.05) is 24.3 Å². The molecular formula is C16H21N3O2. The van der Waals surface area contributed by atoms with Crippen molar-refractivity contribution in [1.82, 2.24) is 15.5 Å². The molecule has 1 aromatic heterocycles. The lowest BCUT2D eigenvalue weighted by molar-refractivity contribution is 0.0949. The third-order valence-corrected chi connectivity index (χ3v) is 3.29. The summed E-state index contributed by atoms with van der Waals surface area (Å²) in [4.78, 5) is 11.9. The first-order chi connectivity index (χ1) is 10.2. The number of carbonyl (C=O) groups excluding carboxylic acids is 1. The lowest BCUT2D eigenvalue weighted by Gasteiger charge is -2.04. The van der Waals surface area contributed by atoms with Crippen LogP contribution in [0.25, 0.3) is 0 Å². The molecule has 1 aromatic carbocycles. The molecule has 0 saturated heterocycles. The molecule has 5 nitrogen and oxygen atoms in total. The first-order valence-electron chi connectivity index (χ1n) is 7.24. The van der Waals surface area contributed by atoms with Crippen LogP contribution in [-0.4, -0.2) is 27.8 Å². The molecule has 0 bridgehead atoms. The number of H-pyrrole nitrogens is 1. The normalized spacial score (nSPS) is 10.6. The van der Waals surface area contributed by atoms with E-state index in [4.69, 9.17) is 5.11 Å². The van der Waals surface area contributed by atoms with Gasteiger partial charge in [-0.3, -0.25) is 9.89 Å². The minimum absolute atomic E-state index is 0.0519. The SMILES string of the molecule is CCCc1cc(C(=O)NCCc2ccc(CO)cc2)n[nH]1. The summed E-state index contributed by atoms with van der Waals surface area (Å²) >= 11 is 0. The van der Waals surface area contributed by atoms with Crippen LogP contribution in [0.3, 0.4) is 0 Å². The van der Waals surface area contributed by atoms with Gasteiger partial charge in [0.25, 0.3) is 5.91 Å². The highest BCUT2D eigenvalue weighted by atomic mass is 16.3. The summed E-state index contributed by atoms with van der Waals surface area (Å²) in [5.41, 5.74) is 3.44. The molecule has 0 spiro atoms. The highest BCUT2D eigenvalue weighted by molar-refractivity contribution is 5.92. The molecule has 0 saturated carbocycles. The number of benzene rings is 1. The monoisotopic (exact) mass is 287 g/mol. The van der Waals surface area contributed by atoms with Crippen LogP contribution in [-0.2, 0) is 19.4 Å². The average molecular weight is 287 g/mol. The van der Waals surface area contributed by atoms with Crippen LogP contribution >= 0.6 is 0 Å². The van der Waals surface area contributed by atoms with Gasteiger partial charge >= 0.3 is 0 Å². The Balaban J connectivity index is 1.80. The average Bonchev–Trinajstić information content (AvgIpc) is 2.97. The fourth-order valence-electron chi connectivity index (χ4n) is 2.10. The number of hydrogen-bond donors (Lipinski definition) is 3. The smallest absolute Gasteiger partial charge is 0.271 e. The number of nitrogens with zero attached hydrogens (tertiary/aromatic N) is 1. The number of aliphatic hydroxyl groups is 1. The van der Waals surface area contributed by atoms with Gasteiger partial charge in [-0.15, -0.1) is 0 Å². The molecule has 0 aliphatic heterocycles. The topological polar surface area (TPSA) is 78.0 Å². The second-order valence-electron chi connectivity index (χ2n) is 5.01. The molecule has 0 aliphatic carbocycles. The molecule has 21 heavy (non-hydrogen) atoms. The van der Waals surface area contributed by atoms with E-state index in [0.29, 0.717) is 12.2 Å². The minimum Gasteiger partial charge on any atom is -0.392 e. The summed E-state index contributed by atoms with van der Waals surface area (Å²) < 4.78 is 0. The van der Waals surface area contributed by atoms with Crippen molar-refractivity contribution in [3.05, 3.63) is 52.8 Å². The summed E-state index contributed by atoms with van der Waals surface area (Å²) in [6.45, 7) is 2.70. The van der Waals surface area contributed by atoms with E-state index in [2.05, 4.69) is 22.4 Å². The van der Waals surface area contributed by atoms with Gasteiger partial charge in [0.05, 0.1) is 6.61 Å². The number of hydrogen-bond acceptors (Lipinski definition) is 3. The van der Waals surface area contributed by atoms with E-state index < -0.39 is 0 Å². The lowest BCUT2D eigenvalue weighted by atomic mass is 10.1. The predicted octanol–water partition coefficient (Wildman–Crippen LogP) is 1.83. The second-order valence-corrected chi connectivity index (χ2v) is 5.01. The van der Waals surface area contributed by atoms with Crippen molar-refractivity contribution >= 4 is 5.91 Å².